The number of halogens is 1. The standard InChI is InChI=1S/C21H19ClN4O2/c1-13-12-26-18-8-6-14(22)11-15(18)20(16-5-3-4-10-23-16)25-17(21(26)24-13)7-9-19(27)28-2/h3-6,8,10-12,17H,7,9H2,1-2H3/t17-/m0/s1. The lowest BCUT2D eigenvalue weighted by Crippen LogP contribution is -2.09. The number of esters is 1. The average molecular weight is 395 g/mol. The zero-order valence-corrected chi connectivity index (χ0v) is 16.3. The van der Waals surface area contributed by atoms with Gasteiger partial charge in [0.05, 0.1) is 29.9 Å². The van der Waals surface area contributed by atoms with Crippen molar-refractivity contribution in [2.24, 2.45) is 4.99 Å². The van der Waals surface area contributed by atoms with E-state index >= 15 is 0 Å². The fourth-order valence-electron chi connectivity index (χ4n) is 3.39. The highest BCUT2D eigenvalue weighted by molar-refractivity contribution is 6.31. The number of rotatable bonds is 4. The molecule has 0 bridgehead atoms. The van der Waals surface area contributed by atoms with E-state index in [4.69, 9.17) is 26.3 Å². The molecule has 1 atom stereocenters. The van der Waals surface area contributed by atoms with Crippen molar-refractivity contribution in [3.8, 4) is 5.69 Å². The Kier molecular flexibility index (Phi) is 4.96. The molecule has 0 unspecified atom stereocenters. The molecular formula is C21H19ClN4O2. The van der Waals surface area contributed by atoms with Crippen LogP contribution in [0.25, 0.3) is 5.69 Å². The summed E-state index contributed by atoms with van der Waals surface area (Å²) in [6.07, 6.45) is 4.45. The number of imidazole rings is 1. The van der Waals surface area contributed by atoms with Crippen molar-refractivity contribution in [2.45, 2.75) is 25.8 Å². The van der Waals surface area contributed by atoms with E-state index in [0.29, 0.717) is 11.4 Å². The largest absolute Gasteiger partial charge is 0.469 e. The summed E-state index contributed by atoms with van der Waals surface area (Å²) in [5.41, 5.74) is 4.18. The highest BCUT2D eigenvalue weighted by Gasteiger charge is 2.27. The second-order valence-electron chi connectivity index (χ2n) is 6.60. The van der Waals surface area contributed by atoms with Crippen molar-refractivity contribution in [2.75, 3.05) is 7.11 Å². The van der Waals surface area contributed by atoms with Gasteiger partial charge in [0.1, 0.15) is 11.9 Å². The molecule has 1 aromatic carbocycles. The smallest absolute Gasteiger partial charge is 0.305 e. The number of methoxy groups -OCH3 is 1. The molecule has 0 N–H and O–H groups in total. The summed E-state index contributed by atoms with van der Waals surface area (Å²) in [5.74, 6) is 0.519. The van der Waals surface area contributed by atoms with Gasteiger partial charge in [0.2, 0.25) is 0 Å². The molecule has 0 spiro atoms. The van der Waals surface area contributed by atoms with Crippen LogP contribution < -0.4 is 0 Å². The summed E-state index contributed by atoms with van der Waals surface area (Å²) >= 11 is 6.31. The number of hydrogen-bond acceptors (Lipinski definition) is 5. The number of aryl methyl sites for hydroxylation is 1. The van der Waals surface area contributed by atoms with Gasteiger partial charge in [-0.15, -0.1) is 0 Å². The third-order valence-corrected chi connectivity index (χ3v) is 4.90. The van der Waals surface area contributed by atoms with Crippen molar-refractivity contribution < 1.29 is 9.53 Å². The fourth-order valence-corrected chi connectivity index (χ4v) is 3.56. The Morgan fingerprint density at radius 2 is 2.14 bits per heavy atom. The van der Waals surface area contributed by atoms with E-state index in [1.165, 1.54) is 7.11 Å². The lowest BCUT2D eigenvalue weighted by molar-refractivity contribution is -0.140. The molecule has 0 saturated heterocycles. The van der Waals surface area contributed by atoms with Crippen LogP contribution in [0.5, 0.6) is 0 Å². The molecule has 6 nitrogen and oxygen atoms in total. The van der Waals surface area contributed by atoms with E-state index in [1.807, 2.05) is 54.1 Å². The highest BCUT2D eigenvalue weighted by atomic mass is 35.5. The number of carbonyl (C=O) groups excluding carboxylic acids is 1. The van der Waals surface area contributed by atoms with Crippen LogP contribution in [0.3, 0.4) is 0 Å². The molecule has 0 radical (unpaired) electrons. The van der Waals surface area contributed by atoms with E-state index in [0.717, 1.165) is 34.2 Å². The van der Waals surface area contributed by atoms with Gasteiger partial charge in [0.25, 0.3) is 0 Å². The minimum atomic E-state index is -0.309. The van der Waals surface area contributed by atoms with E-state index < -0.39 is 0 Å². The normalized spacial score (nSPS) is 15.2. The summed E-state index contributed by atoms with van der Waals surface area (Å²) in [6.45, 7) is 1.94. The molecule has 2 aromatic heterocycles. The Morgan fingerprint density at radius 3 is 2.89 bits per heavy atom. The first-order valence-electron chi connectivity index (χ1n) is 8.99. The number of carbonyl (C=O) groups is 1. The van der Waals surface area contributed by atoms with Crippen LogP contribution >= 0.6 is 11.6 Å². The molecule has 7 heteroatoms. The molecule has 142 valence electrons. The third kappa shape index (κ3) is 3.43. The van der Waals surface area contributed by atoms with Crippen LogP contribution in [-0.2, 0) is 9.53 Å². The lowest BCUT2D eigenvalue weighted by atomic mass is 10.0. The third-order valence-electron chi connectivity index (χ3n) is 4.67. The van der Waals surface area contributed by atoms with Crippen molar-refractivity contribution >= 4 is 23.3 Å². The molecule has 4 rings (SSSR count). The number of aliphatic imine (C=N–C) groups is 1. The number of nitrogens with zero attached hydrogens (tertiary/aromatic N) is 4. The SMILES string of the molecule is COC(=O)CC[C@@H]1N=C(c2ccccn2)c2cc(Cl)ccc2-n2cc(C)nc21. The van der Waals surface area contributed by atoms with Crippen LogP contribution in [0.1, 0.15) is 41.7 Å². The molecular weight excluding hydrogens is 376 g/mol. The Labute approximate surface area is 167 Å². The monoisotopic (exact) mass is 394 g/mol. The second-order valence-corrected chi connectivity index (χ2v) is 7.03. The zero-order valence-electron chi connectivity index (χ0n) is 15.6. The quantitative estimate of drug-likeness (QED) is 0.625. The summed E-state index contributed by atoms with van der Waals surface area (Å²) in [6, 6.07) is 11.1. The first-order valence-corrected chi connectivity index (χ1v) is 9.37. The number of pyridine rings is 1. The first kappa shape index (κ1) is 18.4. The van der Waals surface area contributed by atoms with Crippen molar-refractivity contribution in [1.29, 1.82) is 0 Å². The van der Waals surface area contributed by atoms with Crippen LogP contribution in [-0.4, -0.2) is 33.3 Å². The number of hydrogen-bond donors (Lipinski definition) is 0. The summed E-state index contributed by atoms with van der Waals surface area (Å²) in [4.78, 5) is 25.9. The fraction of sp³-hybridized carbons (Fsp3) is 0.238. The number of benzene rings is 1. The molecule has 0 fully saturated rings. The van der Waals surface area contributed by atoms with Gasteiger partial charge in [-0.2, -0.15) is 0 Å². The van der Waals surface area contributed by atoms with Gasteiger partial charge in [0, 0.05) is 29.4 Å². The maximum absolute atomic E-state index is 11.7. The number of aromatic nitrogens is 3. The molecule has 3 aromatic rings. The molecule has 3 heterocycles. The van der Waals surface area contributed by atoms with Gasteiger partial charge in [-0.05, 0) is 43.7 Å². The second kappa shape index (κ2) is 7.56. The lowest BCUT2D eigenvalue weighted by Gasteiger charge is -2.12. The van der Waals surface area contributed by atoms with Gasteiger partial charge in [-0.3, -0.25) is 14.8 Å². The van der Waals surface area contributed by atoms with Crippen molar-refractivity contribution in [1.82, 2.24) is 14.5 Å². The van der Waals surface area contributed by atoms with Crippen LogP contribution in [0.15, 0.2) is 53.8 Å². The number of ether oxygens (including phenoxy) is 1. The van der Waals surface area contributed by atoms with Gasteiger partial charge >= 0.3 is 5.97 Å². The number of fused-ring (bicyclic) bond motifs is 3. The topological polar surface area (TPSA) is 69.4 Å². The molecule has 0 aliphatic carbocycles. The van der Waals surface area contributed by atoms with Crippen molar-refractivity contribution in [3.05, 3.63) is 76.6 Å². The first-order chi connectivity index (χ1) is 13.6. The Morgan fingerprint density at radius 1 is 1.29 bits per heavy atom. The molecule has 1 aliphatic heterocycles. The minimum absolute atomic E-state index is 0.253. The predicted molar refractivity (Wildman–Crippen MR) is 107 cm³/mol. The Balaban J connectivity index is 1.92. The summed E-state index contributed by atoms with van der Waals surface area (Å²) in [7, 11) is 1.39. The summed E-state index contributed by atoms with van der Waals surface area (Å²) < 4.78 is 6.84. The average Bonchev–Trinajstić information content (AvgIpc) is 3.04. The van der Waals surface area contributed by atoms with E-state index in [-0.39, 0.29) is 18.4 Å². The van der Waals surface area contributed by atoms with Crippen molar-refractivity contribution in [3.63, 3.8) is 0 Å². The highest BCUT2D eigenvalue weighted by Crippen LogP contribution is 2.34. The summed E-state index contributed by atoms with van der Waals surface area (Å²) in [5, 5.41) is 0.619. The molecule has 1 aliphatic rings. The maximum atomic E-state index is 11.7. The van der Waals surface area contributed by atoms with Gasteiger partial charge in [-0.1, -0.05) is 17.7 Å². The predicted octanol–water partition coefficient (Wildman–Crippen LogP) is 4.07. The molecule has 0 amide bonds. The Hall–Kier alpha value is -2.99. The zero-order chi connectivity index (χ0) is 19.7. The van der Waals surface area contributed by atoms with Gasteiger partial charge in [-0.25, -0.2) is 4.98 Å². The minimum Gasteiger partial charge on any atom is -0.469 e. The van der Waals surface area contributed by atoms with Gasteiger partial charge < -0.3 is 9.30 Å². The van der Waals surface area contributed by atoms with E-state index in [1.54, 1.807) is 6.20 Å². The Bertz CT molecular complexity index is 1060. The van der Waals surface area contributed by atoms with Crippen LogP contribution in [0.2, 0.25) is 5.02 Å². The molecule has 28 heavy (non-hydrogen) atoms. The van der Waals surface area contributed by atoms with Crippen LogP contribution in [0, 0.1) is 6.92 Å². The van der Waals surface area contributed by atoms with Crippen LogP contribution in [0.4, 0.5) is 0 Å². The van der Waals surface area contributed by atoms with E-state index in [9.17, 15) is 4.79 Å². The molecule has 0 saturated carbocycles. The van der Waals surface area contributed by atoms with Gasteiger partial charge in [0.15, 0.2) is 0 Å². The van der Waals surface area contributed by atoms with E-state index in [2.05, 4.69) is 4.98 Å². The maximum Gasteiger partial charge on any atom is 0.305 e.